The van der Waals surface area contributed by atoms with Crippen molar-refractivity contribution < 1.29 is 0 Å². The molecule has 0 bridgehead atoms. The number of aromatic nitrogens is 1. The molecule has 0 unspecified atom stereocenters. The van der Waals surface area contributed by atoms with Crippen molar-refractivity contribution in [3.05, 3.63) is 22.4 Å². The van der Waals surface area contributed by atoms with Crippen LogP contribution in [-0.4, -0.2) is 13.1 Å². The SMILES string of the molecule is C[Si](C)(C)c1c(Cl)ccnc1Cl. The molecular formula is C8H11Cl2NSi. The summed E-state index contributed by atoms with van der Waals surface area (Å²) in [6.45, 7) is 6.59. The van der Waals surface area contributed by atoms with Gasteiger partial charge in [-0.2, -0.15) is 0 Å². The number of pyridine rings is 1. The largest absolute Gasteiger partial charge is 0.245 e. The summed E-state index contributed by atoms with van der Waals surface area (Å²) >= 11 is 12.0. The van der Waals surface area contributed by atoms with Crippen molar-refractivity contribution in [3.63, 3.8) is 0 Å². The first-order chi connectivity index (χ1) is 5.43. The molecule has 0 aliphatic heterocycles. The Morgan fingerprint density at radius 3 is 2.17 bits per heavy atom. The molecule has 1 nitrogen and oxygen atoms in total. The molecule has 0 amide bonds. The lowest BCUT2D eigenvalue weighted by Gasteiger charge is -2.18. The average Bonchev–Trinajstić information content (AvgIpc) is 1.82. The predicted molar refractivity (Wildman–Crippen MR) is 57.2 cm³/mol. The molecule has 4 heteroatoms. The van der Waals surface area contributed by atoms with E-state index >= 15 is 0 Å². The van der Waals surface area contributed by atoms with Gasteiger partial charge in [0.05, 0.1) is 8.07 Å². The fourth-order valence-corrected chi connectivity index (χ4v) is 4.62. The number of hydrogen-bond acceptors (Lipinski definition) is 1. The maximum Gasteiger partial charge on any atom is 0.129 e. The van der Waals surface area contributed by atoms with E-state index in [4.69, 9.17) is 23.2 Å². The van der Waals surface area contributed by atoms with Gasteiger partial charge >= 0.3 is 0 Å². The van der Waals surface area contributed by atoms with Crippen LogP contribution in [0, 0.1) is 0 Å². The minimum absolute atomic E-state index is 0.557. The summed E-state index contributed by atoms with van der Waals surface area (Å²) in [4.78, 5) is 4.02. The van der Waals surface area contributed by atoms with Gasteiger partial charge in [-0.15, -0.1) is 0 Å². The monoisotopic (exact) mass is 219 g/mol. The quantitative estimate of drug-likeness (QED) is 0.523. The van der Waals surface area contributed by atoms with Gasteiger partial charge in [0.1, 0.15) is 5.15 Å². The number of nitrogens with zero attached hydrogens (tertiary/aromatic N) is 1. The standard InChI is InChI=1S/C8H11Cl2NSi/c1-12(2,3)7-6(9)4-5-11-8(7)10/h4-5H,1-3H3. The second-order valence-electron chi connectivity index (χ2n) is 3.71. The summed E-state index contributed by atoms with van der Waals surface area (Å²) < 4.78 is 0. The van der Waals surface area contributed by atoms with E-state index in [0.717, 1.165) is 10.2 Å². The lowest BCUT2D eigenvalue weighted by Crippen LogP contribution is -2.39. The van der Waals surface area contributed by atoms with Gasteiger partial charge in [0.15, 0.2) is 0 Å². The van der Waals surface area contributed by atoms with Crippen LogP contribution < -0.4 is 5.19 Å². The van der Waals surface area contributed by atoms with Gasteiger partial charge < -0.3 is 0 Å². The molecule has 0 aliphatic rings. The summed E-state index contributed by atoms with van der Waals surface area (Å²) in [5, 5.41) is 2.35. The van der Waals surface area contributed by atoms with Crippen molar-refractivity contribution in [3.8, 4) is 0 Å². The van der Waals surface area contributed by atoms with Crippen LogP contribution >= 0.6 is 23.2 Å². The highest BCUT2D eigenvalue weighted by molar-refractivity contribution is 6.91. The van der Waals surface area contributed by atoms with E-state index in [0.29, 0.717) is 5.15 Å². The van der Waals surface area contributed by atoms with Crippen molar-refractivity contribution >= 4 is 36.5 Å². The van der Waals surface area contributed by atoms with Crippen LogP contribution in [-0.2, 0) is 0 Å². The van der Waals surface area contributed by atoms with Gasteiger partial charge in [0.2, 0.25) is 0 Å². The third kappa shape index (κ3) is 2.00. The molecule has 1 heterocycles. The Kier molecular flexibility index (Phi) is 2.81. The summed E-state index contributed by atoms with van der Waals surface area (Å²) in [5.41, 5.74) is 0. The minimum Gasteiger partial charge on any atom is -0.245 e. The van der Waals surface area contributed by atoms with Crippen molar-refractivity contribution in [2.45, 2.75) is 19.6 Å². The van der Waals surface area contributed by atoms with Crippen LogP contribution in [0.4, 0.5) is 0 Å². The molecule has 0 saturated heterocycles. The first kappa shape index (κ1) is 10.0. The Morgan fingerprint density at radius 1 is 1.25 bits per heavy atom. The molecule has 66 valence electrons. The maximum atomic E-state index is 6.02. The van der Waals surface area contributed by atoms with Crippen molar-refractivity contribution in [1.29, 1.82) is 0 Å². The first-order valence-corrected chi connectivity index (χ1v) is 7.99. The van der Waals surface area contributed by atoms with E-state index in [2.05, 4.69) is 24.6 Å². The van der Waals surface area contributed by atoms with Gasteiger partial charge in [-0.05, 0) is 11.3 Å². The molecule has 1 rings (SSSR count). The molecule has 0 spiro atoms. The second kappa shape index (κ2) is 3.36. The smallest absolute Gasteiger partial charge is 0.129 e. The van der Waals surface area contributed by atoms with Gasteiger partial charge in [-0.1, -0.05) is 42.8 Å². The van der Waals surface area contributed by atoms with Crippen LogP contribution in [0.3, 0.4) is 0 Å². The Labute approximate surface area is 83.7 Å². The van der Waals surface area contributed by atoms with Crippen molar-refractivity contribution in [2.24, 2.45) is 0 Å². The zero-order chi connectivity index (χ0) is 9.35. The zero-order valence-corrected chi connectivity index (χ0v) is 9.87. The second-order valence-corrected chi connectivity index (χ2v) is 9.47. The van der Waals surface area contributed by atoms with E-state index < -0.39 is 8.07 Å². The Balaban J connectivity index is 3.31. The molecule has 1 aromatic rings. The van der Waals surface area contributed by atoms with Crippen molar-refractivity contribution in [1.82, 2.24) is 4.98 Å². The molecule has 1 aromatic heterocycles. The maximum absolute atomic E-state index is 6.02. The zero-order valence-electron chi connectivity index (χ0n) is 7.36. The Hall–Kier alpha value is -0.0531. The number of halogens is 2. The normalized spacial score (nSPS) is 11.8. The molecule has 0 saturated carbocycles. The van der Waals surface area contributed by atoms with Gasteiger partial charge in [-0.25, -0.2) is 4.98 Å². The molecule has 12 heavy (non-hydrogen) atoms. The fourth-order valence-electron chi connectivity index (χ4n) is 1.08. The van der Waals surface area contributed by atoms with Crippen LogP contribution in [0.2, 0.25) is 29.8 Å². The van der Waals surface area contributed by atoms with E-state index in [-0.39, 0.29) is 0 Å². The van der Waals surface area contributed by atoms with Crippen LogP contribution in [0.5, 0.6) is 0 Å². The van der Waals surface area contributed by atoms with Crippen molar-refractivity contribution in [2.75, 3.05) is 0 Å². The Morgan fingerprint density at radius 2 is 1.83 bits per heavy atom. The fraction of sp³-hybridized carbons (Fsp3) is 0.375. The van der Waals surface area contributed by atoms with Gasteiger partial charge in [-0.3, -0.25) is 0 Å². The third-order valence-electron chi connectivity index (χ3n) is 1.60. The number of hydrogen-bond donors (Lipinski definition) is 0. The molecule has 0 aliphatic carbocycles. The van der Waals surface area contributed by atoms with E-state index in [9.17, 15) is 0 Å². The summed E-state index contributed by atoms with van der Waals surface area (Å²) in [6.07, 6.45) is 1.63. The summed E-state index contributed by atoms with van der Waals surface area (Å²) in [6, 6.07) is 1.79. The molecule has 0 aromatic carbocycles. The van der Waals surface area contributed by atoms with Crippen LogP contribution in [0.25, 0.3) is 0 Å². The van der Waals surface area contributed by atoms with E-state index in [1.54, 1.807) is 12.3 Å². The van der Waals surface area contributed by atoms with Gasteiger partial charge in [0.25, 0.3) is 0 Å². The van der Waals surface area contributed by atoms with Crippen LogP contribution in [0.1, 0.15) is 0 Å². The van der Waals surface area contributed by atoms with Crippen LogP contribution in [0.15, 0.2) is 12.3 Å². The van der Waals surface area contributed by atoms with Gasteiger partial charge in [0, 0.05) is 11.2 Å². The summed E-state index contributed by atoms with van der Waals surface area (Å²) in [5.74, 6) is 0. The molecule has 0 radical (unpaired) electrons. The molecule has 0 atom stereocenters. The topological polar surface area (TPSA) is 12.9 Å². The lowest BCUT2D eigenvalue weighted by atomic mass is 10.5. The van der Waals surface area contributed by atoms with E-state index in [1.807, 2.05) is 0 Å². The highest BCUT2D eigenvalue weighted by atomic mass is 35.5. The summed E-state index contributed by atoms with van der Waals surface area (Å²) in [7, 11) is -1.45. The molecule has 0 fully saturated rings. The molecule has 0 N–H and O–H groups in total. The first-order valence-electron chi connectivity index (χ1n) is 3.73. The lowest BCUT2D eigenvalue weighted by molar-refractivity contribution is 1.34. The van der Waals surface area contributed by atoms with E-state index in [1.165, 1.54) is 0 Å². The number of rotatable bonds is 1. The minimum atomic E-state index is -1.45. The Bertz CT molecular complexity index is 273. The molecular weight excluding hydrogens is 209 g/mol. The average molecular weight is 220 g/mol. The third-order valence-corrected chi connectivity index (χ3v) is 4.53. The predicted octanol–water partition coefficient (Wildman–Crippen LogP) is 2.93. The highest BCUT2D eigenvalue weighted by Crippen LogP contribution is 2.16. The highest BCUT2D eigenvalue weighted by Gasteiger charge is 2.23.